The van der Waals surface area contributed by atoms with E-state index in [1.807, 2.05) is 6.92 Å². The van der Waals surface area contributed by atoms with E-state index in [9.17, 15) is 0 Å². The quantitative estimate of drug-likeness (QED) is 0.506. The predicted octanol–water partition coefficient (Wildman–Crippen LogP) is 2.51. The van der Waals surface area contributed by atoms with Crippen molar-refractivity contribution in [2.75, 3.05) is 20.3 Å². The molecule has 0 saturated carbocycles. The van der Waals surface area contributed by atoms with Gasteiger partial charge in [-0.1, -0.05) is 20.8 Å². The molecule has 0 aromatic rings. The fourth-order valence-electron chi connectivity index (χ4n) is 1.66. The molecule has 0 amide bonds. The Balaban J connectivity index is 4.27. The highest BCUT2D eigenvalue weighted by Crippen LogP contribution is 2.10. The van der Waals surface area contributed by atoms with Crippen LogP contribution < -0.4 is 0 Å². The van der Waals surface area contributed by atoms with Crippen LogP contribution in [0.25, 0.3) is 0 Å². The van der Waals surface area contributed by atoms with Crippen LogP contribution in [-0.4, -0.2) is 37.0 Å². The van der Waals surface area contributed by atoms with Gasteiger partial charge >= 0.3 is 0 Å². The molecule has 0 atom stereocenters. The van der Waals surface area contributed by atoms with Crippen LogP contribution in [0, 0.1) is 5.41 Å². The van der Waals surface area contributed by atoms with Crippen LogP contribution in [0.4, 0.5) is 0 Å². The molecule has 0 unspecified atom stereocenters. The summed E-state index contributed by atoms with van der Waals surface area (Å²) in [6.45, 7) is 7.94. The van der Waals surface area contributed by atoms with Crippen LogP contribution in [0.5, 0.6) is 0 Å². The van der Waals surface area contributed by atoms with Gasteiger partial charge in [-0.3, -0.25) is 5.41 Å². The van der Waals surface area contributed by atoms with Gasteiger partial charge in [-0.25, -0.2) is 0 Å². The van der Waals surface area contributed by atoms with Crippen molar-refractivity contribution in [3.05, 3.63) is 0 Å². The van der Waals surface area contributed by atoms with Crippen molar-refractivity contribution in [2.24, 2.45) is 0 Å². The monoisotopic (exact) mass is 200 g/mol. The zero-order valence-corrected chi connectivity index (χ0v) is 9.97. The predicted molar refractivity (Wildman–Crippen MR) is 61.0 cm³/mol. The summed E-state index contributed by atoms with van der Waals surface area (Å²) >= 11 is 0. The molecule has 0 aromatic carbocycles. The highest BCUT2D eigenvalue weighted by Gasteiger charge is 2.16. The van der Waals surface area contributed by atoms with Crippen molar-refractivity contribution in [3.63, 3.8) is 0 Å². The van der Waals surface area contributed by atoms with E-state index in [0.29, 0.717) is 12.6 Å². The summed E-state index contributed by atoms with van der Waals surface area (Å²) in [5, 5.41) is 7.88. The van der Waals surface area contributed by atoms with Crippen LogP contribution in [0.2, 0.25) is 0 Å². The number of amidine groups is 1. The second kappa shape index (κ2) is 7.80. The third kappa shape index (κ3) is 4.09. The molecular formula is C11H24N2O. The first kappa shape index (κ1) is 13.4. The lowest BCUT2D eigenvalue weighted by Crippen LogP contribution is -2.41. The summed E-state index contributed by atoms with van der Waals surface area (Å²) < 4.78 is 5.07. The number of nitrogens with zero attached hydrogens (tertiary/aromatic N) is 1. The number of rotatable bonds is 7. The Morgan fingerprint density at radius 3 is 2.21 bits per heavy atom. The van der Waals surface area contributed by atoms with E-state index in [-0.39, 0.29) is 0 Å². The molecule has 0 aromatic heterocycles. The van der Waals surface area contributed by atoms with E-state index in [1.165, 1.54) is 0 Å². The highest BCUT2D eigenvalue weighted by atomic mass is 16.5. The van der Waals surface area contributed by atoms with Crippen LogP contribution >= 0.6 is 0 Å². The molecule has 0 aliphatic rings. The van der Waals surface area contributed by atoms with Crippen molar-refractivity contribution < 1.29 is 4.74 Å². The molecule has 0 bridgehead atoms. The maximum Gasteiger partial charge on any atom is 0.0958 e. The lowest BCUT2D eigenvalue weighted by molar-refractivity contribution is 0.157. The maximum absolute atomic E-state index is 7.88. The summed E-state index contributed by atoms with van der Waals surface area (Å²) in [6.07, 6.45) is 3.01. The first-order chi connectivity index (χ1) is 6.71. The normalized spacial score (nSPS) is 10.6. The average Bonchev–Trinajstić information content (AvgIpc) is 2.23. The summed E-state index contributed by atoms with van der Waals surface area (Å²) in [4.78, 5) is 2.17. The van der Waals surface area contributed by atoms with Gasteiger partial charge in [-0.15, -0.1) is 0 Å². The molecule has 0 saturated heterocycles. The molecule has 3 heteroatoms. The van der Waals surface area contributed by atoms with Gasteiger partial charge in [0, 0.05) is 26.1 Å². The third-order valence-corrected chi connectivity index (χ3v) is 2.60. The minimum atomic E-state index is 0.498. The molecule has 0 heterocycles. The molecule has 0 aliphatic heterocycles. The van der Waals surface area contributed by atoms with Gasteiger partial charge < -0.3 is 9.64 Å². The number of nitrogens with one attached hydrogen (secondary N) is 1. The van der Waals surface area contributed by atoms with Gasteiger partial charge in [0.1, 0.15) is 0 Å². The topological polar surface area (TPSA) is 36.3 Å². The van der Waals surface area contributed by atoms with Crippen molar-refractivity contribution >= 4 is 5.84 Å². The molecule has 0 spiro atoms. The second-order valence-corrected chi connectivity index (χ2v) is 3.46. The van der Waals surface area contributed by atoms with Crippen molar-refractivity contribution in [3.8, 4) is 0 Å². The molecule has 3 nitrogen and oxygen atoms in total. The van der Waals surface area contributed by atoms with Crippen molar-refractivity contribution in [1.82, 2.24) is 4.90 Å². The average molecular weight is 200 g/mol. The summed E-state index contributed by atoms with van der Waals surface area (Å²) in [7, 11) is 1.71. The van der Waals surface area contributed by atoms with Crippen LogP contribution in [-0.2, 0) is 4.74 Å². The maximum atomic E-state index is 7.88. The van der Waals surface area contributed by atoms with E-state index in [4.69, 9.17) is 10.1 Å². The minimum absolute atomic E-state index is 0.498. The molecule has 0 aliphatic carbocycles. The molecule has 0 radical (unpaired) electrons. The molecule has 1 N–H and O–H groups in total. The second-order valence-electron chi connectivity index (χ2n) is 3.46. The molecular weight excluding hydrogens is 176 g/mol. The van der Waals surface area contributed by atoms with Gasteiger partial charge in [0.2, 0.25) is 0 Å². The number of hydrogen-bond acceptors (Lipinski definition) is 2. The van der Waals surface area contributed by atoms with Gasteiger partial charge in [0.25, 0.3) is 0 Å². The Hall–Kier alpha value is -0.570. The zero-order chi connectivity index (χ0) is 11.0. The summed E-state index contributed by atoms with van der Waals surface area (Å²) in [6, 6.07) is 0.498. The SMILES string of the molecule is CCC(=N)N(CCOC)C(CC)CC. The first-order valence-corrected chi connectivity index (χ1v) is 5.54. The molecule has 84 valence electrons. The van der Waals surface area contributed by atoms with Gasteiger partial charge in [0.05, 0.1) is 12.4 Å². The van der Waals surface area contributed by atoms with Gasteiger partial charge in [-0.05, 0) is 12.8 Å². The Bertz CT molecular complexity index is 155. The van der Waals surface area contributed by atoms with Gasteiger partial charge in [-0.2, -0.15) is 0 Å². The molecule has 0 rings (SSSR count). The Morgan fingerprint density at radius 1 is 1.29 bits per heavy atom. The van der Waals surface area contributed by atoms with Gasteiger partial charge in [0.15, 0.2) is 0 Å². The Kier molecular flexibility index (Phi) is 7.48. The van der Waals surface area contributed by atoms with E-state index < -0.39 is 0 Å². The van der Waals surface area contributed by atoms with Crippen LogP contribution in [0.1, 0.15) is 40.0 Å². The fraction of sp³-hybridized carbons (Fsp3) is 0.909. The number of ether oxygens (including phenoxy) is 1. The summed E-state index contributed by atoms with van der Waals surface area (Å²) in [5.74, 6) is 0.732. The van der Waals surface area contributed by atoms with Crippen LogP contribution in [0.15, 0.2) is 0 Å². The van der Waals surface area contributed by atoms with Crippen molar-refractivity contribution in [1.29, 1.82) is 5.41 Å². The molecule has 0 fully saturated rings. The zero-order valence-electron chi connectivity index (χ0n) is 9.97. The highest BCUT2D eigenvalue weighted by molar-refractivity contribution is 5.79. The van der Waals surface area contributed by atoms with Crippen LogP contribution in [0.3, 0.4) is 0 Å². The standard InChI is InChI=1S/C11H24N2O/c1-5-10(6-2)13(8-9-14-4)11(12)7-3/h10,12H,5-9H2,1-4H3. The lowest BCUT2D eigenvalue weighted by Gasteiger charge is -2.32. The Morgan fingerprint density at radius 2 is 1.86 bits per heavy atom. The van der Waals surface area contributed by atoms with E-state index in [0.717, 1.165) is 31.6 Å². The number of hydrogen-bond donors (Lipinski definition) is 1. The minimum Gasteiger partial charge on any atom is -0.383 e. The largest absolute Gasteiger partial charge is 0.383 e. The van der Waals surface area contributed by atoms with Crippen molar-refractivity contribution in [2.45, 2.75) is 46.1 Å². The smallest absolute Gasteiger partial charge is 0.0958 e. The third-order valence-electron chi connectivity index (χ3n) is 2.60. The first-order valence-electron chi connectivity index (χ1n) is 5.54. The summed E-state index contributed by atoms with van der Waals surface area (Å²) in [5.41, 5.74) is 0. The lowest BCUT2D eigenvalue weighted by atomic mass is 10.1. The Labute approximate surface area is 87.9 Å². The van der Waals surface area contributed by atoms with E-state index in [1.54, 1.807) is 7.11 Å². The molecule has 14 heavy (non-hydrogen) atoms. The van der Waals surface area contributed by atoms with E-state index in [2.05, 4.69) is 18.7 Å². The fourth-order valence-corrected chi connectivity index (χ4v) is 1.66. The van der Waals surface area contributed by atoms with E-state index >= 15 is 0 Å². The number of methoxy groups -OCH3 is 1.